The summed E-state index contributed by atoms with van der Waals surface area (Å²) < 4.78 is 0. The number of nitrogens with zero attached hydrogens (tertiary/aromatic N) is 1. The average Bonchev–Trinajstić information content (AvgIpc) is 2.43. The molecule has 0 aliphatic carbocycles. The first-order valence-electron chi connectivity index (χ1n) is 7.33. The molecule has 0 saturated heterocycles. The highest BCUT2D eigenvalue weighted by Gasteiger charge is 2.16. The fourth-order valence-electron chi connectivity index (χ4n) is 2.73. The van der Waals surface area contributed by atoms with Crippen molar-refractivity contribution in [3.8, 4) is 0 Å². The van der Waals surface area contributed by atoms with Crippen molar-refractivity contribution in [1.82, 2.24) is 10.2 Å². The molecule has 1 heterocycles. The molecule has 1 aliphatic rings. The Hall–Kier alpha value is -0.860. The van der Waals surface area contributed by atoms with Gasteiger partial charge in [-0.3, -0.25) is 4.90 Å². The molecule has 1 atom stereocenters. The standard InChI is InChI=1S/C16H26N2/c1-4-16-10-15-9-13(12-18(5-2)6-3)7-8-14(15)11-17-16/h7-9,16-17H,4-6,10-12H2,1-3H3. The maximum atomic E-state index is 3.60. The van der Waals surface area contributed by atoms with Crippen LogP contribution in [0.25, 0.3) is 0 Å². The third-order valence-electron chi connectivity index (χ3n) is 4.11. The summed E-state index contributed by atoms with van der Waals surface area (Å²) in [6, 6.07) is 7.70. The molecule has 2 heteroatoms. The predicted octanol–water partition coefficient (Wildman–Crippen LogP) is 2.95. The van der Waals surface area contributed by atoms with Gasteiger partial charge in [-0.25, -0.2) is 0 Å². The van der Waals surface area contributed by atoms with Crippen LogP contribution in [0.15, 0.2) is 18.2 Å². The Balaban J connectivity index is 2.11. The van der Waals surface area contributed by atoms with Crippen LogP contribution >= 0.6 is 0 Å². The largest absolute Gasteiger partial charge is 0.310 e. The molecule has 0 saturated carbocycles. The van der Waals surface area contributed by atoms with Gasteiger partial charge >= 0.3 is 0 Å². The van der Waals surface area contributed by atoms with Crippen molar-refractivity contribution in [1.29, 1.82) is 0 Å². The minimum atomic E-state index is 0.668. The van der Waals surface area contributed by atoms with Crippen LogP contribution in [-0.2, 0) is 19.5 Å². The molecule has 1 aromatic carbocycles. The van der Waals surface area contributed by atoms with E-state index in [-0.39, 0.29) is 0 Å². The van der Waals surface area contributed by atoms with E-state index in [0.717, 1.165) is 26.2 Å². The Morgan fingerprint density at radius 3 is 2.61 bits per heavy atom. The van der Waals surface area contributed by atoms with Gasteiger partial charge in [0.25, 0.3) is 0 Å². The van der Waals surface area contributed by atoms with E-state index in [1.165, 1.54) is 24.0 Å². The van der Waals surface area contributed by atoms with Crippen LogP contribution in [0.5, 0.6) is 0 Å². The fraction of sp³-hybridized carbons (Fsp3) is 0.625. The van der Waals surface area contributed by atoms with E-state index < -0.39 is 0 Å². The van der Waals surface area contributed by atoms with E-state index >= 15 is 0 Å². The summed E-state index contributed by atoms with van der Waals surface area (Å²) in [7, 11) is 0. The molecule has 1 N–H and O–H groups in total. The molecule has 0 amide bonds. The molecular weight excluding hydrogens is 220 g/mol. The zero-order valence-corrected chi connectivity index (χ0v) is 12.0. The molecule has 1 aromatic rings. The quantitative estimate of drug-likeness (QED) is 0.859. The maximum Gasteiger partial charge on any atom is 0.0233 e. The normalized spacial score (nSPS) is 19.0. The van der Waals surface area contributed by atoms with Gasteiger partial charge < -0.3 is 5.32 Å². The zero-order chi connectivity index (χ0) is 13.0. The minimum absolute atomic E-state index is 0.668. The summed E-state index contributed by atoms with van der Waals surface area (Å²) >= 11 is 0. The third kappa shape index (κ3) is 3.12. The maximum absolute atomic E-state index is 3.60. The molecule has 100 valence electrons. The van der Waals surface area contributed by atoms with E-state index in [1.807, 2.05) is 0 Å². The lowest BCUT2D eigenvalue weighted by Crippen LogP contribution is -2.35. The molecular formula is C16H26N2. The molecule has 2 rings (SSSR count). The van der Waals surface area contributed by atoms with E-state index in [4.69, 9.17) is 0 Å². The van der Waals surface area contributed by atoms with E-state index in [9.17, 15) is 0 Å². The fourth-order valence-corrected chi connectivity index (χ4v) is 2.73. The summed E-state index contributed by atoms with van der Waals surface area (Å²) in [5.74, 6) is 0. The van der Waals surface area contributed by atoms with Crippen molar-refractivity contribution in [3.05, 3.63) is 34.9 Å². The second-order valence-electron chi connectivity index (χ2n) is 5.25. The molecule has 18 heavy (non-hydrogen) atoms. The van der Waals surface area contributed by atoms with Crippen molar-refractivity contribution < 1.29 is 0 Å². The van der Waals surface area contributed by atoms with Gasteiger partial charge in [0, 0.05) is 19.1 Å². The minimum Gasteiger partial charge on any atom is -0.310 e. The van der Waals surface area contributed by atoms with Crippen LogP contribution < -0.4 is 5.32 Å². The van der Waals surface area contributed by atoms with Crippen molar-refractivity contribution in [2.45, 2.75) is 52.7 Å². The number of hydrogen-bond acceptors (Lipinski definition) is 2. The number of fused-ring (bicyclic) bond motifs is 1. The Labute approximate surface area is 111 Å². The summed E-state index contributed by atoms with van der Waals surface area (Å²) in [5.41, 5.74) is 4.52. The van der Waals surface area contributed by atoms with Crippen molar-refractivity contribution in [3.63, 3.8) is 0 Å². The Morgan fingerprint density at radius 2 is 1.94 bits per heavy atom. The predicted molar refractivity (Wildman–Crippen MR) is 77.7 cm³/mol. The van der Waals surface area contributed by atoms with Crippen LogP contribution in [0.1, 0.15) is 43.9 Å². The van der Waals surface area contributed by atoms with E-state index in [0.29, 0.717) is 6.04 Å². The molecule has 2 nitrogen and oxygen atoms in total. The van der Waals surface area contributed by atoms with E-state index in [1.54, 1.807) is 5.56 Å². The monoisotopic (exact) mass is 246 g/mol. The highest BCUT2D eigenvalue weighted by molar-refractivity contribution is 5.34. The number of rotatable bonds is 5. The summed E-state index contributed by atoms with van der Waals surface area (Å²) in [6.07, 6.45) is 2.41. The average molecular weight is 246 g/mol. The van der Waals surface area contributed by atoms with Crippen LogP contribution in [0, 0.1) is 0 Å². The van der Waals surface area contributed by atoms with Gasteiger partial charge in [0.1, 0.15) is 0 Å². The van der Waals surface area contributed by atoms with Gasteiger partial charge in [0.15, 0.2) is 0 Å². The lowest BCUT2D eigenvalue weighted by Gasteiger charge is -2.26. The van der Waals surface area contributed by atoms with Gasteiger partial charge in [-0.15, -0.1) is 0 Å². The Bertz CT molecular complexity index is 383. The molecule has 0 radical (unpaired) electrons. The SMILES string of the molecule is CCC1Cc2cc(CN(CC)CC)ccc2CN1. The van der Waals surface area contributed by atoms with Gasteiger partial charge in [-0.1, -0.05) is 39.0 Å². The van der Waals surface area contributed by atoms with Crippen LogP contribution in [0.3, 0.4) is 0 Å². The van der Waals surface area contributed by atoms with Crippen LogP contribution in [-0.4, -0.2) is 24.0 Å². The second-order valence-corrected chi connectivity index (χ2v) is 5.25. The highest BCUT2D eigenvalue weighted by Crippen LogP contribution is 2.20. The first kappa shape index (κ1) is 13.6. The molecule has 0 fully saturated rings. The number of hydrogen-bond donors (Lipinski definition) is 1. The highest BCUT2D eigenvalue weighted by atomic mass is 15.1. The molecule has 0 bridgehead atoms. The van der Waals surface area contributed by atoms with Gasteiger partial charge in [-0.2, -0.15) is 0 Å². The molecule has 1 unspecified atom stereocenters. The third-order valence-corrected chi connectivity index (χ3v) is 4.11. The van der Waals surface area contributed by atoms with Crippen molar-refractivity contribution >= 4 is 0 Å². The zero-order valence-electron chi connectivity index (χ0n) is 12.0. The van der Waals surface area contributed by atoms with Crippen molar-refractivity contribution in [2.24, 2.45) is 0 Å². The number of nitrogens with one attached hydrogen (secondary N) is 1. The Kier molecular flexibility index (Phi) is 4.79. The molecule has 1 aliphatic heterocycles. The van der Waals surface area contributed by atoms with Crippen LogP contribution in [0.2, 0.25) is 0 Å². The van der Waals surface area contributed by atoms with Crippen LogP contribution in [0.4, 0.5) is 0 Å². The lowest BCUT2D eigenvalue weighted by molar-refractivity contribution is 0.295. The summed E-state index contributed by atoms with van der Waals surface area (Å²) in [4.78, 5) is 2.47. The molecule has 0 aromatic heterocycles. The smallest absolute Gasteiger partial charge is 0.0233 e. The second kappa shape index (κ2) is 6.35. The van der Waals surface area contributed by atoms with E-state index in [2.05, 4.69) is 49.2 Å². The molecule has 0 spiro atoms. The lowest BCUT2D eigenvalue weighted by atomic mass is 9.93. The first-order chi connectivity index (χ1) is 8.76. The summed E-state index contributed by atoms with van der Waals surface area (Å²) in [5, 5.41) is 3.60. The van der Waals surface area contributed by atoms with Crippen molar-refractivity contribution in [2.75, 3.05) is 13.1 Å². The van der Waals surface area contributed by atoms with Gasteiger partial charge in [-0.05, 0) is 42.6 Å². The van der Waals surface area contributed by atoms with Gasteiger partial charge in [0.05, 0.1) is 0 Å². The Morgan fingerprint density at radius 1 is 1.17 bits per heavy atom. The topological polar surface area (TPSA) is 15.3 Å². The summed E-state index contributed by atoms with van der Waals surface area (Å²) in [6.45, 7) is 11.1. The number of benzene rings is 1. The first-order valence-corrected chi connectivity index (χ1v) is 7.33. The van der Waals surface area contributed by atoms with Gasteiger partial charge in [0.2, 0.25) is 0 Å².